The third kappa shape index (κ3) is 2.50. The lowest BCUT2D eigenvalue weighted by Gasteiger charge is -2.36. The summed E-state index contributed by atoms with van der Waals surface area (Å²) < 4.78 is 5.79. The summed E-state index contributed by atoms with van der Waals surface area (Å²) in [4.78, 5) is 18.6. The number of benzene rings is 1. The number of rotatable bonds is 3. The number of carboxylic acid groups (broad SMARTS) is 1. The standard InChI is InChI=1S/C20H19N3O3/c1-12-17(14-7-5-6-10-21-14)19(18(20(24)25)13(2)22-12)23-11-26-16-9-4-3-8-15(16)23/h3-10,19,22H,11H2,1-2H3,(H,24,25). The number of ether oxygens (including phenoxy) is 1. The van der Waals surface area contributed by atoms with Gasteiger partial charge in [-0.2, -0.15) is 0 Å². The summed E-state index contributed by atoms with van der Waals surface area (Å²) in [6.45, 7) is 4.03. The van der Waals surface area contributed by atoms with E-state index in [9.17, 15) is 9.90 Å². The molecule has 132 valence electrons. The van der Waals surface area contributed by atoms with E-state index in [2.05, 4.69) is 10.3 Å². The molecule has 4 rings (SSSR count). The highest BCUT2D eigenvalue weighted by atomic mass is 16.5. The first-order valence-electron chi connectivity index (χ1n) is 8.39. The molecule has 0 amide bonds. The average Bonchev–Trinajstić information content (AvgIpc) is 3.05. The van der Waals surface area contributed by atoms with Gasteiger partial charge in [0.1, 0.15) is 5.75 Å². The lowest BCUT2D eigenvalue weighted by molar-refractivity contribution is -0.132. The summed E-state index contributed by atoms with van der Waals surface area (Å²) in [5.41, 5.74) is 4.29. The molecule has 2 aliphatic heterocycles. The highest BCUT2D eigenvalue weighted by Gasteiger charge is 2.40. The van der Waals surface area contributed by atoms with Gasteiger partial charge < -0.3 is 20.1 Å². The second kappa shape index (κ2) is 6.22. The van der Waals surface area contributed by atoms with E-state index in [1.165, 1.54) is 0 Å². The van der Waals surface area contributed by atoms with Crippen molar-refractivity contribution in [1.82, 2.24) is 10.3 Å². The van der Waals surface area contributed by atoms with Gasteiger partial charge in [0.25, 0.3) is 0 Å². The van der Waals surface area contributed by atoms with E-state index >= 15 is 0 Å². The number of anilines is 1. The maximum absolute atomic E-state index is 12.1. The van der Waals surface area contributed by atoms with Crippen molar-refractivity contribution in [2.75, 3.05) is 11.6 Å². The highest BCUT2D eigenvalue weighted by Crippen LogP contribution is 2.42. The van der Waals surface area contributed by atoms with Crippen molar-refractivity contribution in [2.24, 2.45) is 0 Å². The van der Waals surface area contributed by atoms with E-state index in [0.29, 0.717) is 11.3 Å². The van der Waals surface area contributed by atoms with Crippen LogP contribution in [-0.2, 0) is 4.79 Å². The number of hydrogen-bond donors (Lipinski definition) is 2. The summed E-state index contributed by atoms with van der Waals surface area (Å²) in [5, 5.41) is 13.1. The van der Waals surface area contributed by atoms with E-state index in [0.717, 1.165) is 28.4 Å². The molecule has 1 atom stereocenters. The molecule has 0 fully saturated rings. The predicted octanol–water partition coefficient (Wildman–Crippen LogP) is 3.00. The van der Waals surface area contributed by atoms with Gasteiger partial charge in [-0.3, -0.25) is 4.98 Å². The summed E-state index contributed by atoms with van der Waals surface area (Å²) >= 11 is 0. The summed E-state index contributed by atoms with van der Waals surface area (Å²) in [7, 11) is 0. The van der Waals surface area contributed by atoms with Crippen LogP contribution in [0.2, 0.25) is 0 Å². The molecule has 0 bridgehead atoms. The van der Waals surface area contributed by atoms with Gasteiger partial charge in [0.2, 0.25) is 0 Å². The number of nitrogens with zero attached hydrogens (tertiary/aromatic N) is 2. The first kappa shape index (κ1) is 16.2. The Labute approximate surface area is 151 Å². The number of pyridine rings is 1. The van der Waals surface area contributed by atoms with Crippen LogP contribution in [0, 0.1) is 0 Å². The van der Waals surface area contributed by atoms with Gasteiger partial charge in [-0.1, -0.05) is 18.2 Å². The van der Waals surface area contributed by atoms with Crippen LogP contribution < -0.4 is 15.0 Å². The minimum atomic E-state index is -0.953. The molecule has 0 spiro atoms. The van der Waals surface area contributed by atoms with Gasteiger partial charge in [-0.15, -0.1) is 0 Å². The van der Waals surface area contributed by atoms with Gasteiger partial charge in [-0.05, 0) is 38.1 Å². The Kier molecular flexibility index (Phi) is 3.88. The lowest BCUT2D eigenvalue weighted by atomic mass is 9.88. The van der Waals surface area contributed by atoms with E-state index in [1.54, 1.807) is 13.1 Å². The number of carbonyl (C=O) groups is 1. The molecule has 1 aromatic carbocycles. The molecule has 0 aliphatic carbocycles. The van der Waals surface area contributed by atoms with Gasteiger partial charge >= 0.3 is 5.97 Å². The molecular weight excluding hydrogens is 330 g/mol. The zero-order chi connectivity index (χ0) is 18.3. The smallest absolute Gasteiger partial charge is 0.335 e. The fraction of sp³-hybridized carbons (Fsp3) is 0.200. The van der Waals surface area contributed by atoms with Gasteiger partial charge in [-0.25, -0.2) is 4.79 Å². The Hall–Kier alpha value is -3.28. The Morgan fingerprint density at radius 2 is 1.96 bits per heavy atom. The minimum Gasteiger partial charge on any atom is -0.478 e. The Bertz CT molecular complexity index is 934. The predicted molar refractivity (Wildman–Crippen MR) is 98.5 cm³/mol. The average molecular weight is 349 g/mol. The van der Waals surface area contributed by atoms with Gasteiger partial charge in [0.15, 0.2) is 6.73 Å². The number of hydrogen-bond acceptors (Lipinski definition) is 5. The highest BCUT2D eigenvalue weighted by molar-refractivity contribution is 5.97. The summed E-state index contributed by atoms with van der Waals surface area (Å²) in [6, 6.07) is 12.8. The SMILES string of the molecule is CC1=C(C(=O)O)C(N2COc3ccccc32)C(c2ccccn2)=C(C)N1. The van der Waals surface area contributed by atoms with Crippen molar-refractivity contribution in [3.8, 4) is 5.75 Å². The van der Waals surface area contributed by atoms with Crippen LogP contribution in [0.3, 0.4) is 0 Å². The van der Waals surface area contributed by atoms with E-state index in [1.807, 2.05) is 54.3 Å². The Morgan fingerprint density at radius 3 is 2.69 bits per heavy atom. The molecular formula is C20H19N3O3. The summed E-state index contributed by atoms with van der Waals surface area (Å²) in [5.74, 6) is -0.197. The zero-order valence-electron chi connectivity index (χ0n) is 14.6. The Balaban J connectivity index is 1.91. The van der Waals surface area contributed by atoms with Gasteiger partial charge in [0.05, 0.1) is 23.0 Å². The lowest BCUT2D eigenvalue weighted by Crippen LogP contribution is -2.44. The van der Waals surface area contributed by atoms with Crippen LogP contribution in [0.5, 0.6) is 5.75 Å². The normalized spacial score (nSPS) is 19.2. The molecule has 0 saturated carbocycles. The molecule has 3 heterocycles. The second-order valence-electron chi connectivity index (χ2n) is 6.34. The molecule has 26 heavy (non-hydrogen) atoms. The van der Waals surface area contributed by atoms with Crippen molar-refractivity contribution < 1.29 is 14.6 Å². The van der Waals surface area contributed by atoms with E-state index in [-0.39, 0.29) is 6.73 Å². The van der Waals surface area contributed by atoms with Crippen molar-refractivity contribution in [2.45, 2.75) is 19.9 Å². The molecule has 2 aliphatic rings. The van der Waals surface area contributed by atoms with Crippen LogP contribution in [-0.4, -0.2) is 28.8 Å². The van der Waals surface area contributed by atoms with Crippen LogP contribution in [0.1, 0.15) is 19.5 Å². The maximum atomic E-state index is 12.1. The van der Waals surface area contributed by atoms with Crippen LogP contribution in [0.4, 0.5) is 5.69 Å². The zero-order valence-corrected chi connectivity index (χ0v) is 14.6. The fourth-order valence-electron chi connectivity index (χ4n) is 3.65. The number of carboxylic acids is 1. The van der Waals surface area contributed by atoms with Crippen LogP contribution in [0.15, 0.2) is 65.6 Å². The first-order chi connectivity index (χ1) is 12.6. The topological polar surface area (TPSA) is 74.7 Å². The minimum absolute atomic E-state index is 0.289. The van der Waals surface area contributed by atoms with Crippen LogP contribution in [0.25, 0.3) is 5.57 Å². The number of fused-ring (bicyclic) bond motifs is 1. The third-order valence-electron chi connectivity index (χ3n) is 4.75. The number of aromatic nitrogens is 1. The van der Waals surface area contributed by atoms with Crippen molar-refractivity contribution in [1.29, 1.82) is 0 Å². The van der Waals surface area contributed by atoms with E-state index < -0.39 is 12.0 Å². The third-order valence-corrected chi connectivity index (χ3v) is 4.75. The number of dihydropyridines is 1. The van der Waals surface area contributed by atoms with Crippen molar-refractivity contribution in [3.63, 3.8) is 0 Å². The maximum Gasteiger partial charge on any atom is 0.335 e. The van der Waals surface area contributed by atoms with E-state index in [4.69, 9.17) is 4.74 Å². The number of para-hydroxylation sites is 2. The van der Waals surface area contributed by atoms with Crippen molar-refractivity contribution >= 4 is 17.2 Å². The number of nitrogens with one attached hydrogen (secondary N) is 1. The monoisotopic (exact) mass is 349 g/mol. The van der Waals surface area contributed by atoms with Crippen LogP contribution >= 0.6 is 0 Å². The molecule has 2 aromatic rings. The number of allylic oxidation sites excluding steroid dienone is 2. The number of aliphatic carboxylic acids is 1. The fourth-order valence-corrected chi connectivity index (χ4v) is 3.65. The molecule has 0 radical (unpaired) electrons. The van der Waals surface area contributed by atoms with Gasteiger partial charge in [0, 0.05) is 23.2 Å². The molecule has 6 nitrogen and oxygen atoms in total. The second-order valence-corrected chi connectivity index (χ2v) is 6.34. The quantitative estimate of drug-likeness (QED) is 0.887. The molecule has 6 heteroatoms. The Morgan fingerprint density at radius 1 is 1.19 bits per heavy atom. The molecule has 0 saturated heterocycles. The first-order valence-corrected chi connectivity index (χ1v) is 8.39. The molecule has 1 unspecified atom stereocenters. The molecule has 2 N–H and O–H groups in total. The van der Waals surface area contributed by atoms with Crippen molar-refractivity contribution in [3.05, 3.63) is 71.3 Å². The molecule has 1 aromatic heterocycles. The largest absolute Gasteiger partial charge is 0.478 e. The summed E-state index contributed by atoms with van der Waals surface area (Å²) in [6.07, 6.45) is 1.71.